The average molecular weight is 254 g/mol. The first kappa shape index (κ1) is 14.2. The molecule has 1 unspecified atom stereocenters. The van der Waals surface area contributed by atoms with Gasteiger partial charge in [0, 0.05) is 18.7 Å². The number of aliphatic hydroxyl groups is 1. The van der Waals surface area contributed by atoms with Crippen LogP contribution in [0.5, 0.6) is 0 Å². The highest BCUT2D eigenvalue weighted by Gasteiger charge is 2.16. The Balaban J connectivity index is 2.84. The smallest absolute Gasteiger partial charge is 0.311 e. The Morgan fingerprint density at radius 3 is 2.67 bits per heavy atom. The van der Waals surface area contributed by atoms with E-state index in [9.17, 15) is 10.1 Å². The largest absolute Gasteiger partial charge is 0.396 e. The Hall–Kier alpha value is -1.89. The average Bonchev–Trinajstić information content (AvgIpc) is 2.27. The second-order valence-corrected chi connectivity index (χ2v) is 4.37. The second-order valence-electron chi connectivity index (χ2n) is 4.37. The van der Waals surface area contributed by atoms with Crippen molar-refractivity contribution in [1.82, 2.24) is 4.98 Å². The van der Waals surface area contributed by atoms with Gasteiger partial charge in [0.15, 0.2) is 0 Å². The third-order valence-corrected chi connectivity index (χ3v) is 2.68. The molecule has 0 spiro atoms. The molecule has 0 aliphatic carbocycles. The molecule has 0 amide bonds. The predicted octanol–water partition coefficient (Wildman–Crippen LogP) is 1.39. The van der Waals surface area contributed by atoms with Crippen molar-refractivity contribution >= 4 is 17.3 Å². The van der Waals surface area contributed by atoms with Gasteiger partial charge < -0.3 is 16.2 Å². The molecule has 0 saturated heterocycles. The molecule has 0 fully saturated rings. The summed E-state index contributed by atoms with van der Waals surface area (Å²) in [4.78, 5) is 14.0. The fraction of sp³-hybridized carbons (Fsp3) is 0.545. The van der Waals surface area contributed by atoms with E-state index in [4.69, 9.17) is 10.8 Å². The van der Waals surface area contributed by atoms with Crippen molar-refractivity contribution in [3.05, 3.63) is 22.2 Å². The first-order chi connectivity index (χ1) is 8.45. The van der Waals surface area contributed by atoms with Gasteiger partial charge in [0.2, 0.25) is 5.82 Å². The monoisotopic (exact) mass is 254 g/mol. The lowest BCUT2D eigenvalue weighted by molar-refractivity contribution is -0.384. The molecule has 7 heteroatoms. The lowest BCUT2D eigenvalue weighted by Crippen LogP contribution is -2.27. The van der Waals surface area contributed by atoms with Crippen molar-refractivity contribution in [3.8, 4) is 0 Å². The van der Waals surface area contributed by atoms with Crippen LogP contribution in [0.3, 0.4) is 0 Å². The minimum absolute atomic E-state index is 0.0448. The van der Waals surface area contributed by atoms with Crippen molar-refractivity contribution in [3.63, 3.8) is 0 Å². The van der Waals surface area contributed by atoms with E-state index < -0.39 is 4.92 Å². The summed E-state index contributed by atoms with van der Waals surface area (Å²) in [6.07, 6.45) is 0.580. The standard InChI is InChI=1S/C11H18N4O3/c1-7(2)8(5-6-16)13-10-4-3-9(15(17)18)11(12)14-10/h3-4,7-8,16H,5-6H2,1-2H3,(H3,12,13,14). The number of nitrogen functional groups attached to an aromatic ring is 1. The van der Waals surface area contributed by atoms with Crippen molar-refractivity contribution in [2.45, 2.75) is 26.3 Å². The van der Waals surface area contributed by atoms with E-state index in [1.807, 2.05) is 13.8 Å². The molecule has 0 radical (unpaired) electrons. The Morgan fingerprint density at radius 1 is 1.56 bits per heavy atom. The Labute approximate surface area is 105 Å². The molecule has 4 N–H and O–H groups in total. The van der Waals surface area contributed by atoms with Gasteiger partial charge in [-0.25, -0.2) is 4.98 Å². The molecule has 7 nitrogen and oxygen atoms in total. The first-order valence-electron chi connectivity index (χ1n) is 5.74. The molecule has 18 heavy (non-hydrogen) atoms. The molecular weight excluding hydrogens is 236 g/mol. The Morgan fingerprint density at radius 2 is 2.22 bits per heavy atom. The number of nitrogens with two attached hydrogens (primary N) is 1. The van der Waals surface area contributed by atoms with Crippen LogP contribution in [0.25, 0.3) is 0 Å². The lowest BCUT2D eigenvalue weighted by Gasteiger charge is -2.22. The summed E-state index contributed by atoms with van der Waals surface area (Å²) in [5, 5.41) is 22.7. The van der Waals surface area contributed by atoms with E-state index in [-0.39, 0.29) is 24.2 Å². The summed E-state index contributed by atoms with van der Waals surface area (Å²) in [6, 6.07) is 2.88. The molecule has 1 heterocycles. The number of nitrogens with zero attached hydrogens (tertiary/aromatic N) is 2. The zero-order valence-corrected chi connectivity index (χ0v) is 10.5. The summed E-state index contributed by atoms with van der Waals surface area (Å²) < 4.78 is 0. The van der Waals surface area contributed by atoms with E-state index in [0.29, 0.717) is 18.2 Å². The Bertz CT molecular complexity index is 423. The zero-order chi connectivity index (χ0) is 13.7. The number of anilines is 2. The normalized spacial score (nSPS) is 12.4. The van der Waals surface area contributed by atoms with Gasteiger partial charge in [0.1, 0.15) is 5.82 Å². The Kier molecular flexibility index (Phi) is 4.85. The van der Waals surface area contributed by atoms with E-state index in [2.05, 4.69) is 10.3 Å². The van der Waals surface area contributed by atoms with Crippen LogP contribution in [-0.4, -0.2) is 27.7 Å². The predicted molar refractivity (Wildman–Crippen MR) is 69.3 cm³/mol. The second kappa shape index (κ2) is 6.15. The van der Waals surface area contributed by atoms with Gasteiger partial charge in [-0.05, 0) is 18.4 Å². The molecule has 0 aliphatic rings. The number of nitrogens with one attached hydrogen (secondary N) is 1. The van der Waals surface area contributed by atoms with Crippen molar-refractivity contribution in [2.24, 2.45) is 5.92 Å². The van der Waals surface area contributed by atoms with E-state index in [1.54, 1.807) is 0 Å². The molecule has 0 aromatic carbocycles. The molecule has 100 valence electrons. The maximum atomic E-state index is 10.6. The van der Waals surface area contributed by atoms with Gasteiger partial charge in [-0.2, -0.15) is 0 Å². The zero-order valence-electron chi connectivity index (χ0n) is 10.5. The van der Waals surface area contributed by atoms with Crippen LogP contribution in [0, 0.1) is 16.0 Å². The molecule has 0 aliphatic heterocycles. The highest BCUT2D eigenvalue weighted by Crippen LogP contribution is 2.22. The van der Waals surface area contributed by atoms with Crippen LogP contribution in [0.1, 0.15) is 20.3 Å². The molecule has 1 atom stereocenters. The molecular formula is C11H18N4O3. The first-order valence-corrected chi connectivity index (χ1v) is 5.74. The fourth-order valence-corrected chi connectivity index (χ4v) is 1.60. The highest BCUT2D eigenvalue weighted by molar-refractivity contribution is 5.57. The van der Waals surface area contributed by atoms with Crippen molar-refractivity contribution < 1.29 is 10.0 Å². The van der Waals surface area contributed by atoms with Gasteiger partial charge >= 0.3 is 5.69 Å². The molecule has 1 aromatic heterocycles. The van der Waals surface area contributed by atoms with Crippen molar-refractivity contribution in [1.29, 1.82) is 0 Å². The molecule has 0 saturated carbocycles. The van der Waals surface area contributed by atoms with Gasteiger partial charge in [-0.1, -0.05) is 13.8 Å². The summed E-state index contributed by atoms with van der Waals surface area (Å²) in [6.45, 7) is 4.10. The summed E-state index contributed by atoms with van der Waals surface area (Å²) in [5.74, 6) is 0.664. The quantitative estimate of drug-likeness (QED) is 0.522. The summed E-state index contributed by atoms with van der Waals surface area (Å²) in [5.41, 5.74) is 5.30. The summed E-state index contributed by atoms with van der Waals surface area (Å²) in [7, 11) is 0. The van der Waals surface area contributed by atoms with Crippen LogP contribution in [0.4, 0.5) is 17.3 Å². The topological polar surface area (TPSA) is 114 Å². The molecule has 1 rings (SSSR count). The van der Waals surface area contributed by atoms with Crippen LogP contribution in [-0.2, 0) is 0 Å². The molecule has 0 bridgehead atoms. The third-order valence-electron chi connectivity index (χ3n) is 2.68. The van der Waals surface area contributed by atoms with Crippen molar-refractivity contribution in [2.75, 3.05) is 17.7 Å². The maximum Gasteiger partial charge on any atom is 0.311 e. The number of nitro groups is 1. The van der Waals surface area contributed by atoms with Crippen LogP contribution in [0.15, 0.2) is 12.1 Å². The summed E-state index contributed by atoms with van der Waals surface area (Å²) >= 11 is 0. The van der Waals surface area contributed by atoms with Gasteiger partial charge in [0.25, 0.3) is 0 Å². The van der Waals surface area contributed by atoms with E-state index in [1.165, 1.54) is 12.1 Å². The fourth-order valence-electron chi connectivity index (χ4n) is 1.60. The number of rotatable bonds is 6. The number of hydrogen-bond acceptors (Lipinski definition) is 6. The van der Waals surface area contributed by atoms with E-state index in [0.717, 1.165) is 0 Å². The maximum absolute atomic E-state index is 10.6. The minimum Gasteiger partial charge on any atom is -0.396 e. The SMILES string of the molecule is CC(C)C(CCO)Nc1ccc([N+](=O)[O-])c(N)n1. The highest BCUT2D eigenvalue weighted by atomic mass is 16.6. The van der Waals surface area contributed by atoms with Gasteiger partial charge in [-0.3, -0.25) is 10.1 Å². The number of hydrogen-bond donors (Lipinski definition) is 3. The number of aromatic nitrogens is 1. The van der Waals surface area contributed by atoms with Crippen LogP contribution < -0.4 is 11.1 Å². The number of pyridine rings is 1. The van der Waals surface area contributed by atoms with Gasteiger partial charge in [0.05, 0.1) is 4.92 Å². The lowest BCUT2D eigenvalue weighted by atomic mass is 10.0. The van der Waals surface area contributed by atoms with Gasteiger partial charge in [-0.15, -0.1) is 0 Å². The minimum atomic E-state index is -0.570. The van der Waals surface area contributed by atoms with Crippen LogP contribution >= 0.6 is 0 Å². The number of aliphatic hydroxyl groups excluding tert-OH is 1. The molecule has 1 aromatic rings. The van der Waals surface area contributed by atoms with Crippen LogP contribution in [0.2, 0.25) is 0 Å². The van der Waals surface area contributed by atoms with E-state index >= 15 is 0 Å². The third kappa shape index (κ3) is 3.56.